The van der Waals surface area contributed by atoms with Crippen LogP contribution in [0, 0.1) is 0 Å². The van der Waals surface area contributed by atoms with Crippen molar-refractivity contribution in [2.45, 2.75) is 46.1 Å². The maximum absolute atomic E-state index is 7.94. The van der Waals surface area contributed by atoms with Crippen LogP contribution < -0.4 is 0 Å². The minimum absolute atomic E-state index is 0.636. The molecule has 0 atom stereocenters. The molecule has 0 bridgehead atoms. The van der Waals surface area contributed by atoms with Gasteiger partial charge >= 0.3 is 0 Å². The Labute approximate surface area is 107 Å². The zero-order valence-electron chi connectivity index (χ0n) is 12.0. The van der Waals surface area contributed by atoms with Gasteiger partial charge in [-0.05, 0) is 31.7 Å². The van der Waals surface area contributed by atoms with Crippen molar-refractivity contribution < 1.29 is 6.11 Å². The van der Waals surface area contributed by atoms with Crippen molar-refractivity contribution >= 4 is 0 Å². The fourth-order valence-corrected chi connectivity index (χ4v) is 1.63. The molecule has 1 heteroatoms. The zero-order chi connectivity index (χ0) is 13.2. The number of allylic oxidation sites excluding steroid dienone is 1. The maximum atomic E-state index is 7.94. The predicted molar refractivity (Wildman–Crippen MR) is 74.0 cm³/mol. The molecule has 0 aliphatic heterocycles. The van der Waals surface area contributed by atoms with Gasteiger partial charge in [0.1, 0.15) is 0 Å². The number of rotatable bonds is 8. The van der Waals surface area contributed by atoms with Crippen LogP contribution in [-0.4, -0.2) is 6.61 Å². The highest BCUT2D eigenvalue weighted by Gasteiger charge is 1.92. The Morgan fingerprint density at radius 1 is 1.35 bits per heavy atom. The summed E-state index contributed by atoms with van der Waals surface area (Å²) in [5.41, 5.74) is 2.40. The van der Waals surface area contributed by atoms with E-state index in [1.165, 1.54) is 24.0 Å². The molecule has 0 heterocycles. The average Bonchev–Trinajstić information content (AvgIpc) is 2.41. The molecule has 0 fully saturated rings. The molecule has 0 aliphatic carbocycles. The van der Waals surface area contributed by atoms with Gasteiger partial charge in [0.2, 0.25) is 0 Å². The van der Waals surface area contributed by atoms with Crippen LogP contribution in [-0.2, 0) is 11.3 Å². The number of unbranched alkanes of at least 4 members (excludes halogenated alkanes) is 1. The molecule has 0 spiro atoms. The SMILES string of the molecule is [2H]/C(CCOCc1ccccc1)=C(/C)CCCC. The van der Waals surface area contributed by atoms with Gasteiger partial charge in [0.25, 0.3) is 0 Å². The van der Waals surface area contributed by atoms with Crippen molar-refractivity contribution in [1.82, 2.24) is 0 Å². The summed E-state index contributed by atoms with van der Waals surface area (Å²) in [6, 6.07) is 10.9. The Bertz CT molecular complexity index is 357. The van der Waals surface area contributed by atoms with E-state index in [1.54, 1.807) is 0 Å². The summed E-state index contributed by atoms with van der Waals surface area (Å²) in [6.07, 6.45) is 4.14. The fraction of sp³-hybridized carbons (Fsp3) is 0.500. The summed E-state index contributed by atoms with van der Waals surface area (Å²) < 4.78 is 13.5. The third kappa shape index (κ3) is 6.96. The molecule has 0 unspecified atom stereocenters. The normalized spacial score (nSPS) is 13.2. The second-order valence-corrected chi connectivity index (χ2v) is 4.35. The third-order valence-corrected chi connectivity index (χ3v) is 2.69. The first-order valence-corrected chi connectivity index (χ1v) is 6.51. The molecule has 0 saturated heterocycles. The van der Waals surface area contributed by atoms with Gasteiger partial charge in [0.05, 0.1) is 14.6 Å². The topological polar surface area (TPSA) is 9.23 Å². The Kier molecular flexibility index (Phi) is 6.56. The smallest absolute Gasteiger partial charge is 0.0717 e. The van der Waals surface area contributed by atoms with Gasteiger partial charge in [-0.15, -0.1) is 0 Å². The van der Waals surface area contributed by atoms with Crippen LogP contribution in [0.4, 0.5) is 0 Å². The lowest BCUT2D eigenvalue weighted by molar-refractivity contribution is 0.125. The van der Waals surface area contributed by atoms with Gasteiger partial charge in [-0.2, -0.15) is 0 Å². The summed E-state index contributed by atoms with van der Waals surface area (Å²) in [5, 5.41) is 0. The van der Waals surface area contributed by atoms with E-state index in [1.807, 2.05) is 18.2 Å². The van der Waals surface area contributed by atoms with E-state index in [-0.39, 0.29) is 0 Å². The van der Waals surface area contributed by atoms with Crippen molar-refractivity contribution in [1.29, 1.82) is 0 Å². The van der Waals surface area contributed by atoms with E-state index >= 15 is 0 Å². The minimum Gasteiger partial charge on any atom is -0.376 e. The lowest BCUT2D eigenvalue weighted by Gasteiger charge is -2.03. The van der Waals surface area contributed by atoms with E-state index in [2.05, 4.69) is 26.0 Å². The molecule has 0 aromatic heterocycles. The van der Waals surface area contributed by atoms with E-state index in [0.29, 0.717) is 13.2 Å². The van der Waals surface area contributed by atoms with Gasteiger partial charge in [0, 0.05) is 0 Å². The standard InChI is InChI=1S/C16H24O/c1-3-4-9-15(2)10-8-13-17-14-16-11-6-5-7-12-16/h5-7,10-12H,3-4,8-9,13-14H2,1-2H3/b15-10+/i10D. The number of hydrogen-bond donors (Lipinski definition) is 0. The van der Waals surface area contributed by atoms with Crippen LogP contribution in [0.1, 0.15) is 46.5 Å². The van der Waals surface area contributed by atoms with E-state index in [4.69, 9.17) is 6.11 Å². The van der Waals surface area contributed by atoms with E-state index in [0.717, 1.165) is 18.9 Å². The Morgan fingerprint density at radius 2 is 2.12 bits per heavy atom. The molecular formula is C16H24O. The number of ether oxygens (including phenoxy) is 1. The summed E-state index contributed by atoms with van der Waals surface area (Å²) in [5.74, 6) is 0. The molecule has 0 aliphatic rings. The summed E-state index contributed by atoms with van der Waals surface area (Å²) in [4.78, 5) is 0. The second kappa shape index (κ2) is 9.00. The third-order valence-electron chi connectivity index (χ3n) is 2.69. The molecule has 0 N–H and O–H groups in total. The van der Waals surface area contributed by atoms with Crippen LogP contribution in [0.2, 0.25) is 0 Å². The molecule has 94 valence electrons. The van der Waals surface area contributed by atoms with Crippen LogP contribution >= 0.6 is 0 Å². The molecule has 0 saturated carbocycles. The lowest BCUT2D eigenvalue weighted by atomic mass is 10.1. The number of hydrogen-bond acceptors (Lipinski definition) is 1. The van der Waals surface area contributed by atoms with Gasteiger partial charge < -0.3 is 4.74 Å². The molecule has 0 amide bonds. The quantitative estimate of drug-likeness (QED) is 0.466. The average molecular weight is 233 g/mol. The molecular weight excluding hydrogens is 208 g/mol. The molecule has 0 radical (unpaired) electrons. The Balaban J connectivity index is 2.21. The first-order valence-electron chi connectivity index (χ1n) is 7.01. The highest BCUT2D eigenvalue weighted by atomic mass is 16.5. The summed E-state index contributed by atoms with van der Waals surface area (Å²) in [6.45, 7) is 5.52. The number of benzene rings is 1. The van der Waals surface area contributed by atoms with Gasteiger partial charge in [-0.1, -0.05) is 55.3 Å². The highest BCUT2D eigenvalue weighted by Crippen LogP contribution is 2.07. The molecule has 1 aromatic rings. The van der Waals surface area contributed by atoms with Crippen molar-refractivity contribution in [2.24, 2.45) is 0 Å². The maximum Gasteiger partial charge on any atom is 0.0717 e. The van der Waals surface area contributed by atoms with E-state index in [9.17, 15) is 0 Å². The lowest BCUT2D eigenvalue weighted by Crippen LogP contribution is -1.94. The largest absolute Gasteiger partial charge is 0.376 e. The summed E-state index contributed by atoms with van der Waals surface area (Å²) in [7, 11) is 0. The van der Waals surface area contributed by atoms with Crippen LogP contribution in [0.25, 0.3) is 0 Å². The molecule has 1 rings (SSSR count). The van der Waals surface area contributed by atoms with Crippen molar-refractivity contribution in [3.8, 4) is 0 Å². The van der Waals surface area contributed by atoms with Gasteiger partial charge in [0.15, 0.2) is 0 Å². The minimum atomic E-state index is 0.636. The summed E-state index contributed by atoms with van der Waals surface area (Å²) >= 11 is 0. The predicted octanol–water partition coefficient (Wildman–Crippen LogP) is 4.73. The van der Waals surface area contributed by atoms with Crippen molar-refractivity contribution in [2.75, 3.05) is 6.61 Å². The van der Waals surface area contributed by atoms with Crippen molar-refractivity contribution in [3.05, 3.63) is 47.5 Å². The zero-order valence-corrected chi connectivity index (χ0v) is 11.0. The van der Waals surface area contributed by atoms with Crippen LogP contribution in [0.3, 0.4) is 0 Å². The molecule has 1 nitrogen and oxygen atoms in total. The Morgan fingerprint density at radius 3 is 2.82 bits per heavy atom. The fourth-order valence-electron chi connectivity index (χ4n) is 1.63. The molecule has 1 aromatic carbocycles. The van der Waals surface area contributed by atoms with E-state index < -0.39 is 0 Å². The van der Waals surface area contributed by atoms with Crippen LogP contribution in [0.5, 0.6) is 0 Å². The first kappa shape index (κ1) is 12.4. The van der Waals surface area contributed by atoms with Gasteiger partial charge in [-0.3, -0.25) is 0 Å². The second-order valence-electron chi connectivity index (χ2n) is 4.35. The monoisotopic (exact) mass is 233 g/mol. The Hall–Kier alpha value is -1.08. The highest BCUT2D eigenvalue weighted by molar-refractivity contribution is 5.13. The van der Waals surface area contributed by atoms with Gasteiger partial charge in [-0.25, -0.2) is 0 Å². The molecule has 17 heavy (non-hydrogen) atoms. The van der Waals surface area contributed by atoms with Crippen molar-refractivity contribution in [3.63, 3.8) is 0 Å². The first-order chi connectivity index (χ1) is 8.74. The van der Waals surface area contributed by atoms with Crippen LogP contribution in [0.15, 0.2) is 42.0 Å².